The lowest BCUT2D eigenvalue weighted by atomic mass is 9.49. The molecule has 14 heteroatoms. The number of thioether (sulfide) groups is 1. The number of carbonyl (C=O) groups excluding carboxylic acids is 4. The lowest BCUT2D eigenvalue weighted by Crippen LogP contribution is -2.58. The van der Waals surface area contributed by atoms with Gasteiger partial charge in [-0.3, -0.25) is 23.7 Å². The molecule has 1 amide bonds. The van der Waals surface area contributed by atoms with Crippen molar-refractivity contribution in [2.24, 2.45) is 35.0 Å². The standard InChI is InChI=1S/C25H31F2NO9S2/c1-23(2,3)28-15-17(37-22(32)24-6-10-4-11(7-24)16(29)12(5-10)8-24)19-14(13(20(28)30)18(15)38-19)21(31)36-9-25(26,27)39(33,34)35/h10-15,17-19H,4-9H2,1-3H3,(H,33,34,35). The highest BCUT2D eigenvalue weighted by Gasteiger charge is 2.73. The number of rotatable bonds is 6. The molecule has 10 nitrogen and oxygen atoms in total. The quantitative estimate of drug-likeness (QED) is 0.360. The molecule has 3 heterocycles. The fourth-order valence-corrected chi connectivity index (χ4v) is 10.7. The molecule has 0 aromatic rings. The minimum Gasteiger partial charge on any atom is -0.458 e. The van der Waals surface area contributed by atoms with Crippen molar-refractivity contribution in [1.82, 2.24) is 4.90 Å². The second kappa shape index (κ2) is 8.37. The number of ether oxygens (including phenoxy) is 2. The predicted molar refractivity (Wildman–Crippen MR) is 131 cm³/mol. The smallest absolute Gasteiger partial charge is 0.402 e. The first-order valence-corrected chi connectivity index (χ1v) is 15.6. The van der Waals surface area contributed by atoms with Crippen molar-refractivity contribution in [2.75, 3.05) is 6.61 Å². The van der Waals surface area contributed by atoms with Crippen LogP contribution in [0.15, 0.2) is 0 Å². The molecule has 7 aliphatic rings. The lowest BCUT2D eigenvalue weighted by Gasteiger charge is -2.54. The van der Waals surface area contributed by atoms with Crippen molar-refractivity contribution in [2.45, 2.75) is 86.3 Å². The summed E-state index contributed by atoms with van der Waals surface area (Å²) >= 11 is 1.29. The van der Waals surface area contributed by atoms with E-state index in [9.17, 15) is 36.4 Å². The van der Waals surface area contributed by atoms with Crippen LogP contribution in [0.1, 0.15) is 52.9 Å². The highest BCUT2D eigenvalue weighted by Crippen LogP contribution is 2.63. The van der Waals surface area contributed by atoms with Crippen LogP contribution in [-0.2, 0) is 38.8 Å². The maximum Gasteiger partial charge on any atom is 0.402 e. The zero-order valence-corrected chi connectivity index (χ0v) is 23.3. The van der Waals surface area contributed by atoms with Crippen molar-refractivity contribution in [3.63, 3.8) is 0 Å². The Balaban J connectivity index is 1.28. The van der Waals surface area contributed by atoms with E-state index in [1.807, 2.05) is 20.8 Å². The third-order valence-electron chi connectivity index (χ3n) is 9.65. The number of hydrogen-bond donors (Lipinski definition) is 1. The number of halogens is 2. The Bertz CT molecular complexity index is 1250. The number of likely N-dealkylation sites (tertiary alicyclic amines) is 1. The van der Waals surface area contributed by atoms with Crippen molar-refractivity contribution in [3.8, 4) is 0 Å². The van der Waals surface area contributed by atoms with Crippen LogP contribution in [0.5, 0.6) is 0 Å². The first kappa shape index (κ1) is 27.4. The Kier molecular flexibility index (Phi) is 5.88. The Hall–Kier alpha value is -1.80. The predicted octanol–water partition coefficient (Wildman–Crippen LogP) is 2.06. The first-order valence-electron chi connectivity index (χ1n) is 13.2. The largest absolute Gasteiger partial charge is 0.458 e. The fourth-order valence-electron chi connectivity index (χ4n) is 8.38. The molecule has 7 rings (SSSR count). The van der Waals surface area contributed by atoms with E-state index in [1.54, 1.807) is 4.90 Å². The number of Topliss-reactive ketones (excluding diaryl/α,β-unsaturated/α-hetero) is 1. The molecule has 0 aromatic heterocycles. The van der Waals surface area contributed by atoms with Gasteiger partial charge in [-0.1, -0.05) is 0 Å². The number of amides is 1. The van der Waals surface area contributed by atoms with Gasteiger partial charge in [0.15, 0.2) is 6.61 Å². The van der Waals surface area contributed by atoms with E-state index in [0.717, 1.165) is 12.8 Å². The van der Waals surface area contributed by atoms with E-state index in [1.165, 1.54) is 11.8 Å². The molecule has 4 saturated carbocycles. The Morgan fingerprint density at radius 1 is 1.10 bits per heavy atom. The van der Waals surface area contributed by atoms with E-state index < -0.39 is 79.4 Å². The highest BCUT2D eigenvalue weighted by atomic mass is 32.2. The monoisotopic (exact) mass is 591 g/mol. The number of esters is 2. The molecule has 6 bridgehead atoms. The number of nitrogens with zero attached hydrogens (tertiary/aromatic N) is 1. The molecule has 8 unspecified atom stereocenters. The second-order valence-corrected chi connectivity index (χ2v) is 16.0. The molecule has 0 aromatic carbocycles. The van der Waals surface area contributed by atoms with Crippen LogP contribution < -0.4 is 0 Å². The summed E-state index contributed by atoms with van der Waals surface area (Å²) in [4.78, 5) is 54.8. The van der Waals surface area contributed by atoms with Crippen LogP contribution in [-0.4, -0.2) is 81.5 Å². The first-order chi connectivity index (χ1) is 17.9. The molecule has 0 spiro atoms. The van der Waals surface area contributed by atoms with Gasteiger partial charge in [0.25, 0.3) is 0 Å². The third-order valence-corrected chi connectivity index (χ3v) is 12.3. The third kappa shape index (κ3) is 3.90. The molecule has 3 aliphatic heterocycles. The Morgan fingerprint density at radius 2 is 1.72 bits per heavy atom. The van der Waals surface area contributed by atoms with Crippen molar-refractivity contribution in [1.29, 1.82) is 0 Å². The highest BCUT2D eigenvalue weighted by molar-refractivity contribution is 8.01. The van der Waals surface area contributed by atoms with Crippen molar-refractivity contribution >= 4 is 45.5 Å². The second-order valence-electron chi connectivity index (χ2n) is 13.1. The van der Waals surface area contributed by atoms with Crippen molar-refractivity contribution < 1.29 is 50.4 Å². The Labute approximate surface area is 228 Å². The molecule has 7 fully saturated rings. The average molecular weight is 592 g/mol. The van der Waals surface area contributed by atoms with Gasteiger partial charge in [0, 0.05) is 22.6 Å². The van der Waals surface area contributed by atoms with E-state index in [4.69, 9.17) is 9.29 Å². The van der Waals surface area contributed by atoms with Gasteiger partial charge in [0.1, 0.15) is 11.9 Å². The zero-order valence-electron chi connectivity index (χ0n) is 21.7. The summed E-state index contributed by atoms with van der Waals surface area (Å²) in [5.41, 5.74) is -1.49. The van der Waals surface area contributed by atoms with E-state index in [2.05, 4.69) is 4.74 Å². The number of fused-ring (bicyclic) bond motifs is 1. The summed E-state index contributed by atoms with van der Waals surface area (Å²) in [6.45, 7) is 3.55. The number of ketones is 1. The fraction of sp³-hybridized carbons (Fsp3) is 0.840. The van der Waals surface area contributed by atoms with Crippen LogP contribution in [0.3, 0.4) is 0 Å². The zero-order chi connectivity index (χ0) is 28.4. The van der Waals surface area contributed by atoms with Crippen LogP contribution in [0.2, 0.25) is 0 Å². The van der Waals surface area contributed by atoms with Gasteiger partial charge in [0.2, 0.25) is 5.91 Å². The van der Waals surface area contributed by atoms with Crippen LogP contribution >= 0.6 is 11.8 Å². The summed E-state index contributed by atoms with van der Waals surface area (Å²) in [5.74, 6) is -3.98. The van der Waals surface area contributed by atoms with Gasteiger partial charge in [-0.05, 0) is 58.8 Å². The van der Waals surface area contributed by atoms with Gasteiger partial charge in [-0.15, -0.1) is 11.8 Å². The molecule has 1 N–H and O–H groups in total. The minimum atomic E-state index is -5.82. The topological polar surface area (TPSA) is 144 Å². The molecular weight excluding hydrogens is 560 g/mol. The summed E-state index contributed by atoms with van der Waals surface area (Å²) in [7, 11) is -5.82. The molecule has 4 aliphatic carbocycles. The number of alkyl halides is 2. The molecule has 216 valence electrons. The van der Waals surface area contributed by atoms with Gasteiger partial charge >= 0.3 is 27.3 Å². The van der Waals surface area contributed by atoms with Crippen molar-refractivity contribution in [3.05, 3.63) is 0 Å². The Morgan fingerprint density at radius 3 is 2.28 bits per heavy atom. The molecular formula is C25H31F2NO9S2. The minimum absolute atomic E-state index is 0.158. The van der Waals surface area contributed by atoms with E-state index in [-0.39, 0.29) is 29.4 Å². The van der Waals surface area contributed by atoms with Crippen LogP contribution in [0, 0.1) is 35.0 Å². The molecule has 3 saturated heterocycles. The van der Waals surface area contributed by atoms with Gasteiger partial charge in [-0.2, -0.15) is 17.2 Å². The summed E-state index contributed by atoms with van der Waals surface area (Å²) in [6.07, 6.45) is 2.15. The van der Waals surface area contributed by atoms with E-state index in [0.29, 0.717) is 19.3 Å². The normalized spacial score (nSPS) is 42.4. The van der Waals surface area contributed by atoms with Gasteiger partial charge in [-0.25, -0.2) is 0 Å². The van der Waals surface area contributed by atoms with Crippen LogP contribution in [0.25, 0.3) is 0 Å². The SMILES string of the molecule is CC(C)(C)N1C(=O)C2C3SC(C(OC(=O)C45CC6CC(C4)C(=O)C(C6)C5)C31)C2C(=O)OCC(F)(F)S(=O)(=O)O. The van der Waals surface area contributed by atoms with Gasteiger partial charge < -0.3 is 14.4 Å². The lowest BCUT2D eigenvalue weighted by molar-refractivity contribution is -0.183. The molecule has 8 atom stereocenters. The van der Waals surface area contributed by atoms with E-state index >= 15 is 0 Å². The number of carbonyl (C=O) groups is 4. The molecule has 0 radical (unpaired) electrons. The number of hydrogen-bond acceptors (Lipinski definition) is 9. The maximum absolute atomic E-state index is 13.8. The average Bonchev–Trinajstić information content (AvgIpc) is 3.42. The summed E-state index contributed by atoms with van der Waals surface area (Å²) < 4.78 is 69.2. The maximum atomic E-state index is 13.8. The molecule has 39 heavy (non-hydrogen) atoms. The summed E-state index contributed by atoms with van der Waals surface area (Å²) in [5, 5.41) is -5.92. The van der Waals surface area contributed by atoms with Crippen LogP contribution in [0.4, 0.5) is 8.78 Å². The summed E-state index contributed by atoms with van der Waals surface area (Å²) in [6, 6.07) is -0.527. The van der Waals surface area contributed by atoms with Gasteiger partial charge in [0.05, 0.1) is 28.5 Å².